The van der Waals surface area contributed by atoms with Gasteiger partial charge in [-0.2, -0.15) is 5.10 Å². The van der Waals surface area contributed by atoms with Gasteiger partial charge in [0.2, 0.25) is 5.13 Å². The third-order valence-corrected chi connectivity index (χ3v) is 4.19. The zero-order valence-corrected chi connectivity index (χ0v) is 13.8. The molecule has 5 heteroatoms. The molecule has 0 saturated heterocycles. The van der Waals surface area contributed by atoms with Gasteiger partial charge >= 0.3 is 0 Å². The van der Waals surface area contributed by atoms with Gasteiger partial charge in [-0.05, 0) is 24.6 Å². The highest BCUT2D eigenvalue weighted by molar-refractivity contribution is 7.15. The lowest BCUT2D eigenvalue weighted by atomic mass is 10.1. The van der Waals surface area contributed by atoms with Crippen molar-refractivity contribution >= 4 is 22.7 Å². The number of thiazole rings is 1. The maximum Gasteiger partial charge on any atom is 0.204 e. The largest absolute Gasteiger partial charge is 0.497 e. The minimum Gasteiger partial charge on any atom is -0.497 e. The summed E-state index contributed by atoms with van der Waals surface area (Å²) >= 11 is 1.59. The fourth-order valence-corrected chi connectivity index (χ4v) is 2.98. The van der Waals surface area contributed by atoms with E-state index in [0.717, 1.165) is 32.6 Å². The predicted molar refractivity (Wildman–Crippen MR) is 96.5 cm³/mol. The molecule has 0 unspecified atom stereocenters. The van der Waals surface area contributed by atoms with E-state index in [9.17, 15) is 0 Å². The number of benzene rings is 2. The van der Waals surface area contributed by atoms with Gasteiger partial charge in [-0.3, -0.25) is 5.43 Å². The highest BCUT2D eigenvalue weighted by Crippen LogP contribution is 2.30. The summed E-state index contributed by atoms with van der Waals surface area (Å²) in [4.78, 5) is 5.78. The third kappa shape index (κ3) is 3.76. The van der Waals surface area contributed by atoms with Crippen molar-refractivity contribution in [2.45, 2.75) is 6.92 Å². The smallest absolute Gasteiger partial charge is 0.204 e. The summed E-state index contributed by atoms with van der Waals surface area (Å²) in [6, 6.07) is 17.9. The van der Waals surface area contributed by atoms with Gasteiger partial charge in [-0.1, -0.05) is 42.5 Å². The molecular weight excluding hydrogens is 306 g/mol. The van der Waals surface area contributed by atoms with Crippen molar-refractivity contribution in [1.82, 2.24) is 4.98 Å². The van der Waals surface area contributed by atoms with E-state index >= 15 is 0 Å². The number of rotatable bonds is 5. The molecule has 0 atom stereocenters. The number of aromatic nitrogens is 1. The SMILES string of the molecule is COc1cccc(/C=N\Nc2nc(-c3ccccc3)c(C)s2)c1. The molecular formula is C18H17N3OS. The van der Waals surface area contributed by atoms with Gasteiger partial charge < -0.3 is 4.74 Å². The molecule has 2 aromatic carbocycles. The van der Waals surface area contributed by atoms with Crippen molar-refractivity contribution in [3.63, 3.8) is 0 Å². The molecule has 0 amide bonds. The van der Waals surface area contributed by atoms with Crippen molar-refractivity contribution in [3.05, 3.63) is 65.0 Å². The van der Waals surface area contributed by atoms with Crippen molar-refractivity contribution in [1.29, 1.82) is 0 Å². The Hall–Kier alpha value is -2.66. The van der Waals surface area contributed by atoms with Crippen molar-refractivity contribution in [2.24, 2.45) is 5.10 Å². The number of nitrogens with zero attached hydrogens (tertiary/aromatic N) is 2. The summed E-state index contributed by atoms with van der Waals surface area (Å²) < 4.78 is 5.20. The molecule has 3 aromatic rings. The van der Waals surface area contributed by atoms with E-state index in [0.29, 0.717) is 0 Å². The van der Waals surface area contributed by atoms with Crippen molar-refractivity contribution in [2.75, 3.05) is 12.5 Å². The van der Waals surface area contributed by atoms with Crippen molar-refractivity contribution in [3.8, 4) is 17.0 Å². The average molecular weight is 323 g/mol. The van der Waals surface area contributed by atoms with Crippen LogP contribution in [0.4, 0.5) is 5.13 Å². The van der Waals surface area contributed by atoms with Gasteiger partial charge in [0.1, 0.15) is 5.75 Å². The van der Waals surface area contributed by atoms with E-state index in [4.69, 9.17) is 4.74 Å². The Balaban J connectivity index is 1.73. The first-order valence-corrected chi connectivity index (χ1v) is 8.04. The molecule has 1 aromatic heterocycles. The molecule has 0 aliphatic carbocycles. The second-order valence-corrected chi connectivity index (χ2v) is 6.14. The summed E-state index contributed by atoms with van der Waals surface area (Å²) in [5.74, 6) is 0.811. The normalized spacial score (nSPS) is 10.9. The zero-order valence-electron chi connectivity index (χ0n) is 13.0. The van der Waals surface area contributed by atoms with Crippen LogP contribution in [0.2, 0.25) is 0 Å². The number of hydrazone groups is 1. The van der Waals surface area contributed by atoms with Crippen LogP contribution in [0, 0.1) is 6.92 Å². The maximum absolute atomic E-state index is 5.20. The van der Waals surface area contributed by atoms with Crippen LogP contribution in [-0.2, 0) is 0 Å². The fraction of sp³-hybridized carbons (Fsp3) is 0.111. The van der Waals surface area contributed by atoms with Gasteiger partial charge in [-0.15, -0.1) is 11.3 Å². The van der Waals surface area contributed by atoms with E-state index in [-0.39, 0.29) is 0 Å². The zero-order chi connectivity index (χ0) is 16.1. The Bertz CT molecular complexity index is 812. The number of hydrogen-bond acceptors (Lipinski definition) is 5. The molecule has 0 aliphatic rings. The van der Waals surface area contributed by atoms with Crippen LogP contribution in [0.1, 0.15) is 10.4 Å². The molecule has 1 heterocycles. The quantitative estimate of drug-likeness (QED) is 0.552. The van der Waals surface area contributed by atoms with E-state index in [1.54, 1.807) is 24.7 Å². The highest BCUT2D eigenvalue weighted by atomic mass is 32.1. The van der Waals surface area contributed by atoms with Gasteiger partial charge in [0.05, 0.1) is 19.0 Å². The lowest BCUT2D eigenvalue weighted by Crippen LogP contribution is -1.91. The predicted octanol–water partition coefficient (Wildman–Crippen LogP) is 4.57. The first kappa shape index (κ1) is 15.2. The number of methoxy groups -OCH3 is 1. The first-order chi connectivity index (χ1) is 11.3. The Labute approximate surface area is 139 Å². The van der Waals surface area contributed by atoms with Crippen molar-refractivity contribution < 1.29 is 4.74 Å². The second-order valence-electron chi connectivity index (χ2n) is 4.94. The van der Waals surface area contributed by atoms with Gasteiger partial charge in [0.25, 0.3) is 0 Å². The van der Waals surface area contributed by atoms with E-state index in [2.05, 4.69) is 34.6 Å². The summed E-state index contributed by atoms with van der Waals surface area (Å²) in [5, 5.41) is 5.03. The monoisotopic (exact) mass is 323 g/mol. The van der Waals surface area contributed by atoms with Crippen LogP contribution >= 0.6 is 11.3 Å². The van der Waals surface area contributed by atoms with Crippen LogP contribution in [-0.4, -0.2) is 18.3 Å². The first-order valence-electron chi connectivity index (χ1n) is 7.22. The number of anilines is 1. The molecule has 0 saturated carbocycles. The second kappa shape index (κ2) is 7.07. The van der Waals surface area contributed by atoms with Crippen LogP contribution < -0.4 is 10.2 Å². The number of ether oxygens (including phenoxy) is 1. The molecule has 0 fully saturated rings. The van der Waals surface area contributed by atoms with Crippen LogP contribution in [0.3, 0.4) is 0 Å². The number of aryl methyl sites for hydroxylation is 1. The summed E-state index contributed by atoms with van der Waals surface area (Å²) in [7, 11) is 1.65. The maximum atomic E-state index is 5.20. The van der Waals surface area contributed by atoms with Crippen LogP contribution in [0.25, 0.3) is 11.3 Å². The lowest BCUT2D eigenvalue weighted by molar-refractivity contribution is 0.415. The Morgan fingerprint density at radius 3 is 2.74 bits per heavy atom. The molecule has 0 aliphatic heterocycles. The summed E-state index contributed by atoms with van der Waals surface area (Å²) in [5.41, 5.74) is 6.08. The standard InChI is InChI=1S/C18H17N3OS/c1-13-17(15-8-4-3-5-9-15)20-18(23-13)21-19-12-14-7-6-10-16(11-14)22-2/h3-12H,1-2H3,(H,20,21)/b19-12-. The minimum absolute atomic E-state index is 0.778. The van der Waals surface area contributed by atoms with Gasteiger partial charge in [0, 0.05) is 10.4 Å². The fourth-order valence-electron chi connectivity index (χ4n) is 2.19. The van der Waals surface area contributed by atoms with E-state index in [1.807, 2.05) is 42.5 Å². The van der Waals surface area contributed by atoms with Gasteiger partial charge in [-0.25, -0.2) is 4.98 Å². The van der Waals surface area contributed by atoms with E-state index in [1.165, 1.54) is 0 Å². The number of nitrogens with one attached hydrogen (secondary N) is 1. The van der Waals surface area contributed by atoms with Crippen LogP contribution in [0.5, 0.6) is 5.75 Å². The minimum atomic E-state index is 0.778. The molecule has 116 valence electrons. The molecule has 4 nitrogen and oxygen atoms in total. The molecule has 3 rings (SSSR count). The van der Waals surface area contributed by atoms with E-state index < -0.39 is 0 Å². The molecule has 0 spiro atoms. The van der Waals surface area contributed by atoms with Gasteiger partial charge in [0.15, 0.2) is 0 Å². The molecule has 23 heavy (non-hydrogen) atoms. The third-order valence-electron chi connectivity index (χ3n) is 3.31. The molecule has 0 radical (unpaired) electrons. The summed E-state index contributed by atoms with van der Waals surface area (Å²) in [6.07, 6.45) is 1.75. The molecule has 1 N–H and O–H groups in total. The topological polar surface area (TPSA) is 46.5 Å². The Morgan fingerprint density at radius 1 is 1.13 bits per heavy atom. The Kier molecular flexibility index (Phi) is 4.68. The average Bonchev–Trinajstić information content (AvgIpc) is 2.96. The number of hydrogen-bond donors (Lipinski definition) is 1. The van der Waals surface area contributed by atoms with Crippen LogP contribution in [0.15, 0.2) is 59.7 Å². The highest BCUT2D eigenvalue weighted by Gasteiger charge is 2.08. The molecule has 0 bridgehead atoms. The lowest BCUT2D eigenvalue weighted by Gasteiger charge is -1.99. The Morgan fingerprint density at radius 2 is 1.96 bits per heavy atom. The summed E-state index contributed by atoms with van der Waals surface area (Å²) in [6.45, 7) is 2.07.